The molecular weight excluding hydrogens is 324 g/mol. The van der Waals surface area contributed by atoms with Crippen LogP contribution in [0, 0.1) is 0 Å². The highest BCUT2D eigenvalue weighted by Crippen LogP contribution is 2.30. The number of nitrogens with zero attached hydrogens (tertiary/aromatic N) is 1. The van der Waals surface area contributed by atoms with Gasteiger partial charge in [0.1, 0.15) is 18.2 Å². The van der Waals surface area contributed by atoms with Gasteiger partial charge in [0, 0.05) is 6.54 Å². The standard InChI is InChI=1S/C18H24N2O5/c1-13(19-17(23)25-12-14-8-5-4-6-9-14)15(21)20-11-7-10-18(20,2)16(22)24-3/h4-6,8-9,13H,7,10-12H2,1-3H3,(H,19,23)/t13-,18-/m0/s1. The maximum Gasteiger partial charge on any atom is 0.408 e. The van der Waals surface area contributed by atoms with Gasteiger partial charge in [0.15, 0.2) is 0 Å². The Kier molecular flexibility index (Phi) is 6.01. The minimum absolute atomic E-state index is 0.122. The topological polar surface area (TPSA) is 84.9 Å². The molecule has 7 heteroatoms. The first-order valence-corrected chi connectivity index (χ1v) is 8.25. The zero-order valence-corrected chi connectivity index (χ0v) is 14.8. The molecule has 0 spiro atoms. The zero-order chi connectivity index (χ0) is 18.4. The molecule has 2 atom stereocenters. The predicted octanol–water partition coefficient (Wildman–Crippen LogP) is 1.86. The van der Waals surface area contributed by atoms with Gasteiger partial charge in [-0.25, -0.2) is 9.59 Å². The number of carbonyl (C=O) groups is 3. The van der Waals surface area contributed by atoms with Gasteiger partial charge in [0.2, 0.25) is 5.91 Å². The van der Waals surface area contributed by atoms with Crippen LogP contribution in [0.1, 0.15) is 32.3 Å². The van der Waals surface area contributed by atoms with Crippen molar-refractivity contribution in [3.63, 3.8) is 0 Å². The van der Waals surface area contributed by atoms with E-state index in [1.165, 1.54) is 12.0 Å². The number of nitrogens with one attached hydrogen (secondary N) is 1. The van der Waals surface area contributed by atoms with E-state index in [2.05, 4.69) is 5.32 Å². The molecule has 0 aliphatic carbocycles. The molecule has 2 rings (SSSR count). The summed E-state index contributed by atoms with van der Waals surface area (Å²) in [5.74, 6) is -0.778. The Hall–Kier alpha value is -2.57. The first-order valence-electron chi connectivity index (χ1n) is 8.25. The van der Waals surface area contributed by atoms with Crippen LogP contribution in [0.5, 0.6) is 0 Å². The summed E-state index contributed by atoms with van der Waals surface area (Å²) in [7, 11) is 1.30. The van der Waals surface area contributed by atoms with Crippen LogP contribution in [0.15, 0.2) is 30.3 Å². The number of hydrogen-bond donors (Lipinski definition) is 1. The molecule has 1 saturated heterocycles. The van der Waals surface area contributed by atoms with E-state index in [9.17, 15) is 14.4 Å². The summed E-state index contributed by atoms with van der Waals surface area (Å²) in [6.07, 6.45) is 0.572. The van der Waals surface area contributed by atoms with Crippen LogP contribution in [0.3, 0.4) is 0 Å². The Morgan fingerprint density at radius 1 is 1.28 bits per heavy atom. The maximum atomic E-state index is 12.6. The molecular formula is C18H24N2O5. The number of methoxy groups -OCH3 is 1. The number of carbonyl (C=O) groups excluding carboxylic acids is 3. The van der Waals surface area contributed by atoms with Crippen molar-refractivity contribution in [1.82, 2.24) is 10.2 Å². The van der Waals surface area contributed by atoms with Crippen molar-refractivity contribution in [2.45, 2.75) is 44.9 Å². The number of alkyl carbamates (subject to hydrolysis) is 1. The fraction of sp³-hybridized carbons (Fsp3) is 0.500. The van der Waals surface area contributed by atoms with Crippen molar-refractivity contribution in [2.75, 3.05) is 13.7 Å². The second-order valence-corrected chi connectivity index (χ2v) is 6.29. The summed E-state index contributed by atoms with van der Waals surface area (Å²) in [4.78, 5) is 38.0. The maximum absolute atomic E-state index is 12.6. The Bertz CT molecular complexity index is 634. The number of esters is 1. The van der Waals surface area contributed by atoms with Crippen molar-refractivity contribution in [2.24, 2.45) is 0 Å². The van der Waals surface area contributed by atoms with Crippen LogP contribution in [-0.2, 0) is 25.7 Å². The second-order valence-electron chi connectivity index (χ2n) is 6.29. The van der Waals surface area contributed by atoms with Gasteiger partial charge in [0.05, 0.1) is 7.11 Å². The van der Waals surface area contributed by atoms with Crippen LogP contribution in [0.2, 0.25) is 0 Å². The van der Waals surface area contributed by atoms with Crippen LogP contribution < -0.4 is 5.32 Å². The molecule has 7 nitrogen and oxygen atoms in total. The van der Waals surface area contributed by atoms with E-state index in [0.29, 0.717) is 19.4 Å². The molecule has 0 saturated carbocycles. The van der Waals surface area contributed by atoms with E-state index in [1.807, 2.05) is 30.3 Å². The average Bonchev–Trinajstić information content (AvgIpc) is 3.02. The van der Waals surface area contributed by atoms with Gasteiger partial charge in [-0.15, -0.1) is 0 Å². The van der Waals surface area contributed by atoms with Crippen LogP contribution in [-0.4, -0.2) is 48.1 Å². The van der Waals surface area contributed by atoms with Crippen molar-refractivity contribution >= 4 is 18.0 Å². The van der Waals surface area contributed by atoms with Crippen molar-refractivity contribution < 1.29 is 23.9 Å². The molecule has 1 aromatic rings. The summed E-state index contributed by atoms with van der Waals surface area (Å²) in [6, 6.07) is 8.46. The number of ether oxygens (including phenoxy) is 2. The fourth-order valence-corrected chi connectivity index (χ4v) is 2.99. The van der Waals surface area contributed by atoms with Gasteiger partial charge in [-0.3, -0.25) is 4.79 Å². The summed E-state index contributed by atoms with van der Waals surface area (Å²) in [6.45, 7) is 3.83. The first kappa shape index (κ1) is 18.8. The molecule has 1 aromatic carbocycles. The minimum atomic E-state index is -0.990. The van der Waals surface area contributed by atoms with Gasteiger partial charge >= 0.3 is 12.1 Å². The van der Waals surface area contributed by atoms with Gasteiger partial charge in [0.25, 0.3) is 0 Å². The number of benzene rings is 1. The quantitative estimate of drug-likeness (QED) is 0.821. The monoisotopic (exact) mass is 348 g/mol. The van der Waals surface area contributed by atoms with E-state index in [-0.39, 0.29) is 12.5 Å². The lowest BCUT2D eigenvalue weighted by atomic mass is 9.98. The highest BCUT2D eigenvalue weighted by molar-refractivity contribution is 5.92. The molecule has 1 aliphatic rings. The van der Waals surface area contributed by atoms with Gasteiger partial charge in [-0.05, 0) is 32.3 Å². The fourth-order valence-electron chi connectivity index (χ4n) is 2.99. The molecule has 0 radical (unpaired) electrons. The van der Waals surface area contributed by atoms with E-state index in [0.717, 1.165) is 5.56 Å². The van der Waals surface area contributed by atoms with Crippen molar-refractivity contribution in [1.29, 1.82) is 0 Å². The predicted molar refractivity (Wildman–Crippen MR) is 90.6 cm³/mol. The van der Waals surface area contributed by atoms with E-state index < -0.39 is 23.6 Å². The van der Waals surface area contributed by atoms with Gasteiger partial charge in [-0.2, -0.15) is 0 Å². The van der Waals surface area contributed by atoms with E-state index >= 15 is 0 Å². The Labute approximate surface area is 147 Å². The number of rotatable bonds is 5. The Balaban J connectivity index is 1.91. The largest absolute Gasteiger partial charge is 0.467 e. The number of amides is 2. The summed E-state index contributed by atoms with van der Waals surface area (Å²) < 4.78 is 9.94. The SMILES string of the molecule is COC(=O)[C@]1(C)CCCN1C(=O)[C@H](C)NC(=O)OCc1ccccc1. The lowest BCUT2D eigenvalue weighted by Gasteiger charge is -2.34. The van der Waals surface area contributed by atoms with E-state index in [1.54, 1.807) is 13.8 Å². The third-order valence-corrected chi connectivity index (χ3v) is 4.45. The minimum Gasteiger partial charge on any atom is -0.467 e. The van der Waals surface area contributed by atoms with E-state index in [4.69, 9.17) is 9.47 Å². The normalized spacial score (nSPS) is 20.7. The van der Waals surface area contributed by atoms with Crippen LogP contribution in [0.4, 0.5) is 4.79 Å². The Morgan fingerprint density at radius 2 is 1.96 bits per heavy atom. The molecule has 0 bridgehead atoms. The highest BCUT2D eigenvalue weighted by atomic mass is 16.5. The van der Waals surface area contributed by atoms with Crippen LogP contribution in [0.25, 0.3) is 0 Å². The molecule has 25 heavy (non-hydrogen) atoms. The molecule has 1 aliphatic heterocycles. The first-order chi connectivity index (χ1) is 11.9. The lowest BCUT2D eigenvalue weighted by molar-refractivity contribution is -0.158. The molecule has 0 unspecified atom stereocenters. The molecule has 2 amide bonds. The number of hydrogen-bond acceptors (Lipinski definition) is 5. The third kappa shape index (κ3) is 4.29. The summed E-state index contributed by atoms with van der Waals surface area (Å²) >= 11 is 0. The second kappa shape index (κ2) is 8.00. The van der Waals surface area contributed by atoms with Gasteiger partial charge < -0.3 is 19.7 Å². The molecule has 1 heterocycles. The summed E-state index contributed by atoms with van der Waals surface area (Å²) in [5.41, 5.74) is -0.134. The molecule has 136 valence electrons. The highest BCUT2D eigenvalue weighted by Gasteiger charge is 2.47. The summed E-state index contributed by atoms with van der Waals surface area (Å²) in [5, 5.41) is 2.52. The average molecular weight is 348 g/mol. The third-order valence-electron chi connectivity index (χ3n) is 4.45. The van der Waals surface area contributed by atoms with Crippen LogP contribution >= 0.6 is 0 Å². The number of likely N-dealkylation sites (tertiary alicyclic amines) is 1. The lowest BCUT2D eigenvalue weighted by Crippen LogP contribution is -2.56. The van der Waals surface area contributed by atoms with Crippen molar-refractivity contribution in [3.05, 3.63) is 35.9 Å². The smallest absolute Gasteiger partial charge is 0.408 e. The van der Waals surface area contributed by atoms with Gasteiger partial charge in [-0.1, -0.05) is 30.3 Å². The Morgan fingerprint density at radius 3 is 2.60 bits per heavy atom. The van der Waals surface area contributed by atoms with Crippen molar-refractivity contribution in [3.8, 4) is 0 Å². The molecule has 1 fully saturated rings. The molecule has 0 aromatic heterocycles. The zero-order valence-electron chi connectivity index (χ0n) is 14.8. The molecule has 1 N–H and O–H groups in total.